The van der Waals surface area contributed by atoms with Gasteiger partial charge in [-0.05, 0) is 74.1 Å². The standard InChI is InChI=1S/C23H31N3O3S/c1-16-6-5-13-26(15-16)21-10-7-19(8-11-21)18(3)24-23(27)20-9-12-22(17(2)14-20)25-30(4,28)29/h7-12,14,16,18,25H,5-6,13,15H2,1-4H3,(H,24,27). The average Bonchev–Trinajstić information content (AvgIpc) is 2.68. The number of rotatable bonds is 6. The lowest BCUT2D eigenvalue weighted by atomic mass is 9.99. The fraction of sp³-hybridized carbons (Fsp3) is 0.435. The van der Waals surface area contributed by atoms with Gasteiger partial charge in [0.2, 0.25) is 10.0 Å². The minimum Gasteiger partial charge on any atom is -0.371 e. The van der Waals surface area contributed by atoms with Gasteiger partial charge < -0.3 is 10.2 Å². The Morgan fingerprint density at radius 3 is 2.47 bits per heavy atom. The summed E-state index contributed by atoms with van der Waals surface area (Å²) in [5.74, 6) is 0.532. The minimum absolute atomic E-state index is 0.138. The molecule has 0 radical (unpaired) electrons. The van der Waals surface area contributed by atoms with Crippen LogP contribution in [-0.2, 0) is 10.0 Å². The Morgan fingerprint density at radius 2 is 1.87 bits per heavy atom. The van der Waals surface area contributed by atoms with Crippen LogP contribution in [0.3, 0.4) is 0 Å². The zero-order chi connectivity index (χ0) is 21.9. The first-order chi connectivity index (χ1) is 14.1. The van der Waals surface area contributed by atoms with Crippen molar-refractivity contribution in [1.29, 1.82) is 0 Å². The molecule has 0 aromatic heterocycles. The number of sulfonamides is 1. The number of piperidine rings is 1. The van der Waals surface area contributed by atoms with E-state index in [4.69, 9.17) is 0 Å². The SMILES string of the molecule is Cc1cc(C(=O)NC(C)c2ccc(N3CCCC(C)C3)cc2)ccc1NS(C)(=O)=O. The molecule has 1 amide bonds. The average molecular weight is 430 g/mol. The molecule has 0 bridgehead atoms. The Labute approximate surface area is 179 Å². The van der Waals surface area contributed by atoms with Gasteiger partial charge in [-0.1, -0.05) is 19.1 Å². The highest BCUT2D eigenvalue weighted by Crippen LogP contribution is 2.25. The molecule has 2 unspecified atom stereocenters. The second-order valence-corrected chi connectivity index (χ2v) is 10.1. The third kappa shape index (κ3) is 5.75. The predicted octanol–water partition coefficient (Wildman–Crippen LogP) is 4.09. The predicted molar refractivity (Wildman–Crippen MR) is 123 cm³/mol. The Hall–Kier alpha value is -2.54. The topological polar surface area (TPSA) is 78.5 Å². The summed E-state index contributed by atoms with van der Waals surface area (Å²) in [6.07, 6.45) is 3.63. The van der Waals surface area contributed by atoms with E-state index in [1.165, 1.54) is 18.5 Å². The first-order valence-corrected chi connectivity index (χ1v) is 12.3. The smallest absolute Gasteiger partial charge is 0.251 e. The molecule has 1 fully saturated rings. The lowest BCUT2D eigenvalue weighted by Gasteiger charge is -2.33. The number of aryl methyl sites for hydroxylation is 1. The molecule has 0 saturated carbocycles. The normalized spacial score (nSPS) is 18.0. The number of hydrogen-bond acceptors (Lipinski definition) is 4. The third-order valence-electron chi connectivity index (χ3n) is 5.55. The summed E-state index contributed by atoms with van der Waals surface area (Å²) < 4.78 is 25.3. The van der Waals surface area contributed by atoms with E-state index in [1.807, 2.05) is 6.92 Å². The van der Waals surface area contributed by atoms with Crippen molar-refractivity contribution in [3.8, 4) is 0 Å². The molecule has 2 aromatic carbocycles. The van der Waals surface area contributed by atoms with Gasteiger partial charge in [0.1, 0.15) is 0 Å². The van der Waals surface area contributed by atoms with Gasteiger partial charge in [-0.2, -0.15) is 0 Å². The lowest BCUT2D eigenvalue weighted by Crippen LogP contribution is -2.34. The molecular formula is C23H31N3O3S. The number of nitrogens with zero attached hydrogens (tertiary/aromatic N) is 1. The molecule has 2 aromatic rings. The molecule has 2 N–H and O–H groups in total. The summed E-state index contributed by atoms with van der Waals surface area (Å²) in [4.78, 5) is 15.1. The van der Waals surface area contributed by atoms with Crippen LogP contribution in [0.15, 0.2) is 42.5 Å². The highest BCUT2D eigenvalue weighted by atomic mass is 32.2. The van der Waals surface area contributed by atoms with Crippen molar-refractivity contribution in [3.63, 3.8) is 0 Å². The molecule has 162 valence electrons. The number of benzene rings is 2. The fourth-order valence-corrected chi connectivity index (χ4v) is 4.51. The molecule has 30 heavy (non-hydrogen) atoms. The summed E-state index contributed by atoms with van der Waals surface area (Å²) in [5.41, 5.74) is 3.94. The zero-order valence-corrected chi connectivity index (χ0v) is 18.9. The van der Waals surface area contributed by atoms with Crippen LogP contribution in [0.25, 0.3) is 0 Å². The Morgan fingerprint density at radius 1 is 1.17 bits per heavy atom. The molecule has 0 spiro atoms. The van der Waals surface area contributed by atoms with E-state index < -0.39 is 10.0 Å². The lowest BCUT2D eigenvalue weighted by molar-refractivity contribution is 0.0940. The molecule has 1 aliphatic rings. The van der Waals surface area contributed by atoms with Crippen LogP contribution in [0.4, 0.5) is 11.4 Å². The van der Waals surface area contributed by atoms with Crippen LogP contribution in [0.2, 0.25) is 0 Å². The van der Waals surface area contributed by atoms with Crippen LogP contribution in [0.1, 0.15) is 54.2 Å². The van der Waals surface area contributed by atoms with Gasteiger partial charge in [0, 0.05) is 24.3 Å². The summed E-state index contributed by atoms with van der Waals surface area (Å²) in [6.45, 7) is 8.22. The Bertz CT molecular complexity index is 1000. The highest BCUT2D eigenvalue weighted by molar-refractivity contribution is 7.92. The summed E-state index contributed by atoms with van der Waals surface area (Å²) in [7, 11) is -3.36. The zero-order valence-electron chi connectivity index (χ0n) is 18.1. The van der Waals surface area contributed by atoms with Gasteiger partial charge in [0.15, 0.2) is 0 Å². The molecule has 2 atom stereocenters. The van der Waals surface area contributed by atoms with Gasteiger partial charge >= 0.3 is 0 Å². The molecule has 1 aliphatic heterocycles. The number of hydrogen-bond donors (Lipinski definition) is 2. The number of anilines is 2. The van der Waals surface area contributed by atoms with Crippen molar-refractivity contribution in [2.75, 3.05) is 29.0 Å². The van der Waals surface area contributed by atoms with Crippen molar-refractivity contribution in [2.24, 2.45) is 5.92 Å². The number of amides is 1. The van der Waals surface area contributed by atoms with Crippen molar-refractivity contribution >= 4 is 27.3 Å². The van der Waals surface area contributed by atoms with Crippen molar-refractivity contribution < 1.29 is 13.2 Å². The van der Waals surface area contributed by atoms with E-state index in [2.05, 4.69) is 46.1 Å². The van der Waals surface area contributed by atoms with Gasteiger partial charge in [-0.25, -0.2) is 8.42 Å². The van der Waals surface area contributed by atoms with E-state index in [-0.39, 0.29) is 11.9 Å². The van der Waals surface area contributed by atoms with Crippen LogP contribution in [0, 0.1) is 12.8 Å². The molecule has 6 nitrogen and oxygen atoms in total. The van der Waals surface area contributed by atoms with E-state index >= 15 is 0 Å². The van der Waals surface area contributed by atoms with Crippen molar-refractivity contribution in [2.45, 2.75) is 39.7 Å². The van der Waals surface area contributed by atoms with Crippen LogP contribution in [-0.4, -0.2) is 33.7 Å². The Balaban J connectivity index is 1.64. The van der Waals surface area contributed by atoms with E-state index in [0.29, 0.717) is 16.8 Å². The van der Waals surface area contributed by atoms with E-state index in [0.717, 1.165) is 30.8 Å². The summed E-state index contributed by atoms with van der Waals surface area (Å²) in [5, 5.41) is 3.02. The fourth-order valence-electron chi connectivity index (χ4n) is 3.88. The quantitative estimate of drug-likeness (QED) is 0.725. The number of carbonyl (C=O) groups excluding carboxylic acids is 1. The molecule has 3 rings (SSSR count). The Kier molecular flexibility index (Phi) is 6.71. The first kappa shape index (κ1) is 22.2. The maximum atomic E-state index is 12.7. The van der Waals surface area contributed by atoms with Gasteiger partial charge in [-0.15, -0.1) is 0 Å². The van der Waals surface area contributed by atoms with Gasteiger partial charge in [-0.3, -0.25) is 9.52 Å². The maximum Gasteiger partial charge on any atom is 0.251 e. The van der Waals surface area contributed by atoms with E-state index in [1.54, 1.807) is 25.1 Å². The number of carbonyl (C=O) groups is 1. The maximum absolute atomic E-state index is 12.7. The molecule has 1 saturated heterocycles. The largest absolute Gasteiger partial charge is 0.371 e. The second kappa shape index (κ2) is 9.08. The molecule has 7 heteroatoms. The summed E-state index contributed by atoms with van der Waals surface area (Å²) >= 11 is 0. The van der Waals surface area contributed by atoms with Crippen molar-refractivity contribution in [3.05, 3.63) is 59.2 Å². The van der Waals surface area contributed by atoms with Crippen molar-refractivity contribution in [1.82, 2.24) is 5.32 Å². The third-order valence-corrected chi connectivity index (χ3v) is 6.14. The minimum atomic E-state index is -3.36. The molecule has 1 heterocycles. The number of nitrogens with one attached hydrogen (secondary N) is 2. The monoisotopic (exact) mass is 429 g/mol. The van der Waals surface area contributed by atoms with Crippen LogP contribution in [0.5, 0.6) is 0 Å². The van der Waals surface area contributed by atoms with Crippen LogP contribution >= 0.6 is 0 Å². The molecular weight excluding hydrogens is 398 g/mol. The second-order valence-electron chi connectivity index (χ2n) is 8.38. The van der Waals surface area contributed by atoms with E-state index in [9.17, 15) is 13.2 Å². The van der Waals surface area contributed by atoms with Gasteiger partial charge in [0.05, 0.1) is 18.0 Å². The highest BCUT2D eigenvalue weighted by Gasteiger charge is 2.17. The van der Waals surface area contributed by atoms with Gasteiger partial charge in [0.25, 0.3) is 5.91 Å². The molecule has 0 aliphatic carbocycles. The van der Waals surface area contributed by atoms with Crippen LogP contribution < -0.4 is 14.9 Å². The summed E-state index contributed by atoms with van der Waals surface area (Å²) in [6, 6.07) is 13.2. The first-order valence-electron chi connectivity index (χ1n) is 10.4.